The minimum atomic E-state index is 0.0774. The summed E-state index contributed by atoms with van der Waals surface area (Å²) in [6, 6.07) is 8.97. The van der Waals surface area contributed by atoms with E-state index in [0.29, 0.717) is 11.8 Å². The van der Waals surface area contributed by atoms with Gasteiger partial charge in [-0.25, -0.2) is 0 Å². The van der Waals surface area contributed by atoms with Gasteiger partial charge in [0.2, 0.25) is 5.91 Å². The van der Waals surface area contributed by atoms with Gasteiger partial charge in [-0.1, -0.05) is 38.1 Å². The van der Waals surface area contributed by atoms with E-state index in [4.69, 9.17) is 5.73 Å². The van der Waals surface area contributed by atoms with Crippen LogP contribution in [0.4, 0.5) is 0 Å². The molecule has 0 aromatic heterocycles. The van der Waals surface area contributed by atoms with Crippen molar-refractivity contribution in [2.24, 2.45) is 5.73 Å². The highest BCUT2D eigenvalue weighted by Gasteiger charge is 2.22. The molecule has 1 heterocycles. The van der Waals surface area contributed by atoms with Crippen LogP contribution in [0.25, 0.3) is 0 Å². The Labute approximate surface area is 115 Å². The van der Waals surface area contributed by atoms with Crippen molar-refractivity contribution in [3.8, 4) is 0 Å². The van der Waals surface area contributed by atoms with Crippen molar-refractivity contribution >= 4 is 5.91 Å². The van der Waals surface area contributed by atoms with E-state index in [2.05, 4.69) is 38.1 Å². The molecule has 19 heavy (non-hydrogen) atoms. The Kier molecular flexibility index (Phi) is 4.59. The van der Waals surface area contributed by atoms with Crippen LogP contribution in [0.5, 0.6) is 0 Å². The van der Waals surface area contributed by atoms with E-state index in [1.807, 2.05) is 4.90 Å². The van der Waals surface area contributed by atoms with E-state index in [0.717, 1.165) is 25.9 Å². The Morgan fingerprint density at radius 2 is 1.84 bits per heavy atom. The molecule has 1 aromatic carbocycles. The molecular formula is C16H24N2O. The molecule has 0 aliphatic carbocycles. The van der Waals surface area contributed by atoms with Gasteiger partial charge in [0.05, 0.1) is 6.54 Å². The van der Waals surface area contributed by atoms with Gasteiger partial charge in [-0.15, -0.1) is 0 Å². The molecule has 1 saturated heterocycles. The molecule has 1 aliphatic rings. The van der Waals surface area contributed by atoms with Gasteiger partial charge in [0, 0.05) is 13.1 Å². The van der Waals surface area contributed by atoms with Crippen LogP contribution in [-0.4, -0.2) is 30.4 Å². The predicted molar refractivity (Wildman–Crippen MR) is 78.1 cm³/mol. The van der Waals surface area contributed by atoms with E-state index in [1.54, 1.807) is 0 Å². The van der Waals surface area contributed by atoms with Crippen molar-refractivity contribution in [1.82, 2.24) is 4.90 Å². The van der Waals surface area contributed by atoms with E-state index in [1.165, 1.54) is 11.1 Å². The van der Waals surface area contributed by atoms with Crippen molar-refractivity contribution in [3.63, 3.8) is 0 Å². The molecule has 1 fully saturated rings. The lowest BCUT2D eigenvalue weighted by Gasteiger charge is -2.32. The first-order valence-corrected chi connectivity index (χ1v) is 7.19. The number of hydrogen-bond acceptors (Lipinski definition) is 2. The second-order valence-electron chi connectivity index (χ2n) is 5.68. The average molecular weight is 260 g/mol. The van der Waals surface area contributed by atoms with Crippen molar-refractivity contribution < 1.29 is 4.79 Å². The van der Waals surface area contributed by atoms with Crippen LogP contribution < -0.4 is 5.73 Å². The smallest absolute Gasteiger partial charge is 0.236 e. The SMILES string of the molecule is CC(C)c1ccc(C2CCN(C(=O)CN)CC2)cc1. The highest BCUT2D eigenvalue weighted by atomic mass is 16.2. The van der Waals surface area contributed by atoms with E-state index in [-0.39, 0.29) is 12.5 Å². The highest BCUT2D eigenvalue weighted by Crippen LogP contribution is 2.29. The molecule has 0 unspecified atom stereocenters. The fourth-order valence-corrected chi connectivity index (χ4v) is 2.74. The Bertz CT molecular complexity index is 417. The lowest BCUT2D eigenvalue weighted by atomic mass is 9.88. The van der Waals surface area contributed by atoms with Crippen LogP contribution in [-0.2, 0) is 4.79 Å². The molecule has 2 rings (SSSR count). The monoisotopic (exact) mass is 260 g/mol. The maximum atomic E-state index is 11.5. The number of amides is 1. The second kappa shape index (κ2) is 6.20. The third-order valence-electron chi connectivity index (χ3n) is 4.10. The van der Waals surface area contributed by atoms with Crippen LogP contribution in [0.1, 0.15) is 49.7 Å². The summed E-state index contributed by atoms with van der Waals surface area (Å²) in [7, 11) is 0. The number of nitrogens with zero attached hydrogens (tertiary/aromatic N) is 1. The standard InChI is InChI=1S/C16H24N2O/c1-12(2)13-3-5-14(6-4-13)15-7-9-18(10-8-15)16(19)11-17/h3-6,12,15H,7-11,17H2,1-2H3. The third-order valence-corrected chi connectivity index (χ3v) is 4.10. The molecule has 104 valence electrons. The van der Waals surface area contributed by atoms with Gasteiger partial charge in [0.15, 0.2) is 0 Å². The van der Waals surface area contributed by atoms with Gasteiger partial charge < -0.3 is 10.6 Å². The number of carbonyl (C=O) groups excluding carboxylic acids is 1. The molecule has 0 saturated carbocycles. The molecule has 0 bridgehead atoms. The Morgan fingerprint density at radius 3 is 2.32 bits per heavy atom. The maximum Gasteiger partial charge on any atom is 0.236 e. The molecule has 1 aromatic rings. The minimum absolute atomic E-state index is 0.0774. The largest absolute Gasteiger partial charge is 0.342 e. The Hall–Kier alpha value is -1.35. The molecular weight excluding hydrogens is 236 g/mol. The number of piperidine rings is 1. The van der Waals surface area contributed by atoms with Gasteiger partial charge in [-0.3, -0.25) is 4.79 Å². The zero-order valence-corrected chi connectivity index (χ0v) is 11.9. The molecule has 0 spiro atoms. The first-order chi connectivity index (χ1) is 9.11. The third kappa shape index (κ3) is 3.35. The van der Waals surface area contributed by atoms with Crippen LogP contribution in [0, 0.1) is 0 Å². The summed E-state index contributed by atoms with van der Waals surface area (Å²) < 4.78 is 0. The number of nitrogens with two attached hydrogens (primary N) is 1. The lowest BCUT2D eigenvalue weighted by molar-refractivity contribution is -0.130. The maximum absolute atomic E-state index is 11.5. The summed E-state index contributed by atoms with van der Waals surface area (Å²) in [4.78, 5) is 13.4. The molecule has 2 N–H and O–H groups in total. The first-order valence-electron chi connectivity index (χ1n) is 7.19. The number of rotatable bonds is 3. The van der Waals surface area contributed by atoms with Crippen LogP contribution in [0.2, 0.25) is 0 Å². The van der Waals surface area contributed by atoms with Crippen molar-refractivity contribution in [2.75, 3.05) is 19.6 Å². The van der Waals surface area contributed by atoms with E-state index < -0.39 is 0 Å². The number of benzene rings is 1. The Balaban J connectivity index is 1.96. The first kappa shape index (κ1) is 14.1. The quantitative estimate of drug-likeness (QED) is 0.907. The van der Waals surface area contributed by atoms with Gasteiger partial charge in [-0.05, 0) is 35.8 Å². The van der Waals surface area contributed by atoms with Crippen molar-refractivity contribution in [1.29, 1.82) is 0 Å². The van der Waals surface area contributed by atoms with Crippen molar-refractivity contribution in [2.45, 2.75) is 38.5 Å². The zero-order chi connectivity index (χ0) is 13.8. The second-order valence-corrected chi connectivity index (χ2v) is 5.68. The molecule has 3 heteroatoms. The molecule has 0 radical (unpaired) electrons. The molecule has 3 nitrogen and oxygen atoms in total. The van der Waals surface area contributed by atoms with Crippen LogP contribution >= 0.6 is 0 Å². The van der Waals surface area contributed by atoms with Gasteiger partial charge in [0.1, 0.15) is 0 Å². The zero-order valence-electron chi connectivity index (χ0n) is 11.9. The fraction of sp³-hybridized carbons (Fsp3) is 0.562. The molecule has 1 amide bonds. The summed E-state index contributed by atoms with van der Waals surface area (Å²) >= 11 is 0. The minimum Gasteiger partial charge on any atom is -0.342 e. The summed E-state index contributed by atoms with van der Waals surface area (Å²) in [5.41, 5.74) is 8.20. The van der Waals surface area contributed by atoms with Gasteiger partial charge in [-0.2, -0.15) is 0 Å². The summed E-state index contributed by atoms with van der Waals surface area (Å²) in [5, 5.41) is 0. The summed E-state index contributed by atoms with van der Waals surface area (Å²) in [6.45, 7) is 6.24. The molecule has 0 atom stereocenters. The van der Waals surface area contributed by atoms with Crippen LogP contribution in [0.3, 0.4) is 0 Å². The topological polar surface area (TPSA) is 46.3 Å². The van der Waals surface area contributed by atoms with Gasteiger partial charge in [0.25, 0.3) is 0 Å². The number of hydrogen-bond donors (Lipinski definition) is 1. The highest BCUT2D eigenvalue weighted by molar-refractivity contribution is 5.78. The predicted octanol–water partition coefficient (Wildman–Crippen LogP) is 2.47. The summed E-state index contributed by atoms with van der Waals surface area (Å²) in [5.74, 6) is 1.25. The van der Waals surface area contributed by atoms with E-state index >= 15 is 0 Å². The normalized spacial score (nSPS) is 16.9. The Morgan fingerprint density at radius 1 is 1.26 bits per heavy atom. The number of carbonyl (C=O) groups is 1. The average Bonchev–Trinajstić information content (AvgIpc) is 2.46. The fourth-order valence-electron chi connectivity index (χ4n) is 2.74. The van der Waals surface area contributed by atoms with E-state index in [9.17, 15) is 4.79 Å². The van der Waals surface area contributed by atoms with Crippen molar-refractivity contribution in [3.05, 3.63) is 35.4 Å². The van der Waals surface area contributed by atoms with Crippen LogP contribution in [0.15, 0.2) is 24.3 Å². The number of likely N-dealkylation sites (tertiary alicyclic amines) is 1. The lowest BCUT2D eigenvalue weighted by Crippen LogP contribution is -2.41. The molecule has 1 aliphatic heterocycles. The summed E-state index contributed by atoms with van der Waals surface area (Å²) in [6.07, 6.45) is 2.10. The van der Waals surface area contributed by atoms with Gasteiger partial charge >= 0.3 is 0 Å².